The van der Waals surface area contributed by atoms with Crippen LogP contribution in [0, 0.1) is 0 Å². The molecule has 0 aliphatic heterocycles. The van der Waals surface area contributed by atoms with Crippen molar-refractivity contribution in [2.24, 2.45) is 0 Å². The highest BCUT2D eigenvalue weighted by atomic mass is 32.2. The smallest absolute Gasteiger partial charge is 0.328 e. The normalized spacial score (nSPS) is 13.2. The lowest BCUT2D eigenvalue weighted by Crippen LogP contribution is -2.48. The summed E-state index contributed by atoms with van der Waals surface area (Å²) >= 11 is 0. The number of aliphatic carboxylic acids is 2. The molecule has 0 fully saturated rings. The Morgan fingerprint density at radius 1 is 0.444 bits per heavy atom. The van der Waals surface area contributed by atoms with Gasteiger partial charge in [0.25, 0.3) is 10.1 Å². The molecule has 0 heterocycles. The van der Waals surface area contributed by atoms with E-state index in [0.717, 1.165) is 19.3 Å². The van der Waals surface area contributed by atoms with E-state index in [4.69, 9.17) is 5.11 Å². The zero-order chi connectivity index (χ0) is 33.5. The lowest BCUT2D eigenvalue weighted by molar-refractivity contribution is -0.147. The van der Waals surface area contributed by atoms with Crippen LogP contribution in [0.15, 0.2) is 0 Å². The number of hydrogen-bond donors (Lipinski definition) is 3. The van der Waals surface area contributed by atoms with Crippen molar-refractivity contribution in [2.75, 3.05) is 0 Å². The predicted octanol–water partition coefficient (Wildman–Crippen LogP) is 11.7. The molecule has 0 aliphatic carbocycles. The molecule has 7 nitrogen and oxygen atoms in total. The molecule has 0 aromatic rings. The van der Waals surface area contributed by atoms with Gasteiger partial charge in [0.1, 0.15) is 0 Å². The maximum absolute atomic E-state index is 11.6. The van der Waals surface area contributed by atoms with E-state index in [9.17, 15) is 27.7 Å². The minimum absolute atomic E-state index is 0.249. The number of unbranched alkanes of at least 4 members (excludes halogenated alkanes) is 30. The van der Waals surface area contributed by atoms with E-state index in [-0.39, 0.29) is 6.42 Å². The molecule has 3 N–H and O–H groups in total. The molecular formula is C37H72O7S. The second-order valence-corrected chi connectivity index (χ2v) is 15.4. The van der Waals surface area contributed by atoms with E-state index >= 15 is 0 Å². The molecule has 45 heavy (non-hydrogen) atoms. The first-order valence-corrected chi connectivity index (χ1v) is 20.5. The number of rotatable bonds is 36. The molecule has 0 radical (unpaired) electrons. The molecule has 0 saturated heterocycles. The minimum atomic E-state index is -5.03. The van der Waals surface area contributed by atoms with Gasteiger partial charge in [-0.1, -0.05) is 206 Å². The van der Waals surface area contributed by atoms with Gasteiger partial charge in [-0.2, -0.15) is 8.42 Å². The fraction of sp³-hybridized carbons (Fsp3) is 0.946. The lowest BCUT2D eigenvalue weighted by atomic mass is 9.96. The van der Waals surface area contributed by atoms with Crippen LogP contribution in [-0.4, -0.2) is 39.9 Å². The largest absolute Gasteiger partial charge is 0.481 e. The van der Waals surface area contributed by atoms with Gasteiger partial charge in [-0.25, -0.2) is 0 Å². The molecule has 0 aliphatic rings. The first kappa shape index (κ1) is 43.9. The van der Waals surface area contributed by atoms with Crippen LogP contribution in [-0.2, 0) is 19.7 Å². The third-order valence-electron chi connectivity index (χ3n) is 9.50. The van der Waals surface area contributed by atoms with Crippen LogP contribution in [0.25, 0.3) is 0 Å². The van der Waals surface area contributed by atoms with Gasteiger partial charge in [-0.15, -0.1) is 0 Å². The van der Waals surface area contributed by atoms with E-state index < -0.39 is 39.6 Å². The van der Waals surface area contributed by atoms with Gasteiger partial charge in [0, 0.05) is 0 Å². The lowest BCUT2D eigenvalue weighted by Gasteiger charge is -2.24. The SMILES string of the molecule is CCCCCCCCCCCCCCCCCCCCCCCCCCCCCCCCCC(CC(=O)O)(C(=O)O)S(=O)(=O)O. The van der Waals surface area contributed by atoms with Crippen LogP contribution in [0.4, 0.5) is 0 Å². The Bertz CT molecular complexity index is 799. The summed E-state index contributed by atoms with van der Waals surface area (Å²) in [5.74, 6) is -3.37. The number of carboxylic acids is 2. The third kappa shape index (κ3) is 25.6. The maximum Gasteiger partial charge on any atom is 0.328 e. The van der Waals surface area contributed by atoms with Crippen molar-refractivity contribution in [1.29, 1.82) is 0 Å². The molecule has 0 rings (SSSR count). The summed E-state index contributed by atoms with van der Waals surface area (Å²) in [6.07, 6.45) is 38.4. The summed E-state index contributed by atoms with van der Waals surface area (Å²) in [5, 5.41) is 18.3. The van der Waals surface area contributed by atoms with Crippen molar-refractivity contribution in [3.05, 3.63) is 0 Å². The zero-order valence-corrected chi connectivity index (χ0v) is 30.0. The topological polar surface area (TPSA) is 129 Å². The Morgan fingerprint density at radius 2 is 0.667 bits per heavy atom. The predicted molar refractivity (Wildman–Crippen MR) is 188 cm³/mol. The molecule has 0 amide bonds. The van der Waals surface area contributed by atoms with E-state index in [1.54, 1.807) is 0 Å². The van der Waals surface area contributed by atoms with Crippen LogP contribution in [0.2, 0.25) is 0 Å². The van der Waals surface area contributed by atoms with E-state index in [1.165, 1.54) is 167 Å². The van der Waals surface area contributed by atoms with Gasteiger partial charge in [0.15, 0.2) is 0 Å². The van der Waals surface area contributed by atoms with Gasteiger partial charge in [0.05, 0.1) is 6.42 Å². The molecule has 1 atom stereocenters. The second-order valence-electron chi connectivity index (χ2n) is 13.7. The number of carbonyl (C=O) groups is 2. The summed E-state index contributed by atoms with van der Waals surface area (Å²) in [5.41, 5.74) is 0. The Kier molecular flexibility index (Phi) is 29.4. The highest BCUT2D eigenvalue weighted by molar-refractivity contribution is 7.88. The van der Waals surface area contributed by atoms with Crippen molar-refractivity contribution in [3.8, 4) is 0 Å². The number of hydrogen-bond acceptors (Lipinski definition) is 4. The monoisotopic (exact) mass is 660 g/mol. The summed E-state index contributed by atoms with van der Waals surface area (Å²) in [4.78, 5) is 22.5. The molecule has 1 unspecified atom stereocenters. The van der Waals surface area contributed by atoms with Crippen molar-refractivity contribution in [1.82, 2.24) is 0 Å². The van der Waals surface area contributed by atoms with Crippen LogP contribution in [0.1, 0.15) is 219 Å². The summed E-state index contributed by atoms with van der Waals surface area (Å²) < 4.78 is 30.0. The number of carboxylic acid groups (broad SMARTS) is 2. The maximum atomic E-state index is 11.6. The molecule has 8 heteroatoms. The van der Waals surface area contributed by atoms with Gasteiger partial charge in [-0.3, -0.25) is 14.1 Å². The van der Waals surface area contributed by atoms with Crippen LogP contribution < -0.4 is 0 Å². The highest BCUT2D eigenvalue weighted by Crippen LogP contribution is 2.29. The fourth-order valence-corrected chi connectivity index (χ4v) is 7.38. The second kappa shape index (κ2) is 30.2. The average Bonchev–Trinajstić information content (AvgIpc) is 2.98. The van der Waals surface area contributed by atoms with Gasteiger partial charge in [0.2, 0.25) is 4.75 Å². The third-order valence-corrected chi connectivity index (χ3v) is 11.0. The minimum Gasteiger partial charge on any atom is -0.481 e. The van der Waals surface area contributed by atoms with Crippen LogP contribution >= 0.6 is 0 Å². The first-order chi connectivity index (χ1) is 21.7. The van der Waals surface area contributed by atoms with Crippen molar-refractivity contribution in [2.45, 2.75) is 224 Å². The molecule has 268 valence electrons. The standard InChI is InChI=1S/C37H72O7S/c1-2-3-4-5-6-7-8-9-10-11-12-13-14-15-16-17-18-19-20-21-22-23-24-25-26-27-28-29-30-31-32-33-37(36(40)41,34-35(38)39)45(42,43)44/h2-34H2,1H3,(H,38,39)(H,40,41)(H,42,43,44). The van der Waals surface area contributed by atoms with Crippen molar-refractivity contribution < 1.29 is 32.8 Å². The Balaban J connectivity index is 3.38. The van der Waals surface area contributed by atoms with E-state index in [2.05, 4.69) is 6.92 Å². The Hall–Kier alpha value is -1.15. The molecule has 0 bridgehead atoms. The van der Waals surface area contributed by atoms with Crippen molar-refractivity contribution >= 4 is 22.1 Å². The summed E-state index contributed by atoms with van der Waals surface area (Å²) in [7, 11) is -5.03. The average molecular weight is 661 g/mol. The highest BCUT2D eigenvalue weighted by Gasteiger charge is 2.51. The van der Waals surface area contributed by atoms with E-state index in [1.807, 2.05) is 0 Å². The van der Waals surface area contributed by atoms with Gasteiger partial charge in [-0.05, 0) is 6.42 Å². The fourth-order valence-electron chi connectivity index (χ4n) is 6.46. The first-order valence-electron chi connectivity index (χ1n) is 19.1. The molecule has 0 saturated carbocycles. The molecule has 0 aromatic heterocycles. The molecule has 0 aromatic carbocycles. The van der Waals surface area contributed by atoms with Crippen molar-refractivity contribution in [3.63, 3.8) is 0 Å². The Labute approximate surface area is 277 Å². The Morgan fingerprint density at radius 3 is 0.844 bits per heavy atom. The quantitative estimate of drug-likeness (QED) is 0.0450. The summed E-state index contributed by atoms with van der Waals surface area (Å²) in [6, 6.07) is 0. The summed E-state index contributed by atoms with van der Waals surface area (Å²) in [6.45, 7) is 2.29. The zero-order valence-electron chi connectivity index (χ0n) is 29.2. The van der Waals surface area contributed by atoms with Crippen LogP contribution in [0.5, 0.6) is 0 Å². The molecule has 0 spiro atoms. The molecular weight excluding hydrogens is 588 g/mol. The van der Waals surface area contributed by atoms with Crippen LogP contribution in [0.3, 0.4) is 0 Å². The van der Waals surface area contributed by atoms with Gasteiger partial charge < -0.3 is 10.2 Å². The van der Waals surface area contributed by atoms with E-state index in [0.29, 0.717) is 6.42 Å². The van der Waals surface area contributed by atoms with Gasteiger partial charge >= 0.3 is 11.9 Å².